The van der Waals surface area contributed by atoms with Gasteiger partial charge in [-0.1, -0.05) is 22.0 Å². The van der Waals surface area contributed by atoms with E-state index in [1.54, 1.807) is 14.2 Å². The van der Waals surface area contributed by atoms with Crippen molar-refractivity contribution in [2.75, 3.05) is 14.2 Å². The number of halogens is 1. The first kappa shape index (κ1) is 13.0. The summed E-state index contributed by atoms with van der Waals surface area (Å²) in [7, 11) is 3.23. The van der Waals surface area contributed by atoms with Crippen LogP contribution in [0.1, 0.15) is 5.56 Å². The SMILES string of the molecule is CN[C@H](Cc1ccc(OC)cc1Br)C(=O)O. The van der Waals surface area contributed by atoms with Gasteiger partial charge in [-0.3, -0.25) is 4.79 Å². The molecule has 0 aliphatic carbocycles. The number of aliphatic carboxylic acids is 1. The van der Waals surface area contributed by atoms with Crippen LogP contribution in [0.5, 0.6) is 5.75 Å². The predicted octanol–water partition coefficient (Wildman–Crippen LogP) is 1.67. The zero-order valence-corrected chi connectivity index (χ0v) is 10.7. The second-order valence-electron chi connectivity index (χ2n) is 3.34. The van der Waals surface area contributed by atoms with Gasteiger partial charge in [0.05, 0.1) is 7.11 Å². The third-order valence-corrected chi connectivity index (χ3v) is 3.07. The number of ether oxygens (including phenoxy) is 1. The van der Waals surface area contributed by atoms with Crippen molar-refractivity contribution in [3.63, 3.8) is 0 Å². The van der Waals surface area contributed by atoms with Crippen LogP contribution in [0.25, 0.3) is 0 Å². The van der Waals surface area contributed by atoms with Crippen LogP contribution in [0.2, 0.25) is 0 Å². The minimum absolute atomic E-state index is 0.427. The summed E-state index contributed by atoms with van der Waals surface area (Å²) in [6, 6.07) is 4.92. The number of likely N-dealkylation sites (N-methyl/N-ethyl adjacent to an activating group) is 1. The number of carboxylic acid groups (broad SMARTS) is 1. The van der Waals surface area contributed by atoms with Crippen molar-refractivity contribution in [2.45, 2.75) is 12.5 Å². The maximum Gasteiger partial charge on any atom is 0.321 e. The zero-order valence-electron chi connectivity index (χ0n) is 9.16. The van der Waals surface area contributed by atoms with Crippen molar-refractivity contribution >= 4 is 21.9 Å². The van der Waals surface area contributed by atoms with Crippen LogP contribution in [0.4, 0.5) is 0 Å². The number of carbonyl (C=O) groups is 1. The summed E-state index contributed by atoms with van der Waals surface area (Å²) >= 11 is 3.39. The molecule has 5 heteroatoms. The molecular formula is C11H14BrNO3. The second-order valence-corrected chi connectivity index (χ2v) is 4.20. The van der Waals surface area contributed by atoms with Gasteiger partial charge in [0, 0.05) is 4.47 Å². The van der Waals surface area contributed by atoms with Gasteiger partial charge in [-0.25, -0.2) is 0 Å². The topological polar surface area (TPSA) is 58.6 Å². The molecule has 0 saturated carbocycles. The number of hydrogen-bond acceptors (Lipinski definition) is 3. The molecule has 0 fully saturated rings. The van der Waals surface area contributed by atoms with Crippen LogP contribution >= 0.6 is 15.9 Å². The Balaban J connectivity index is 2.84. The molecule has 1 aromatic carbocycles. The molecule has 0 spiro atoms. The maximum absolute atomic E-state index is 10.9. The van der Waals surface area contributed by atoms with Crippen LogP contribution in [-0.4, -0.2) is 31.3 Å². The fourth-order valence-electron chi connectivity index (χ4n) is 1.35. The summed E-state index contributed by atoms with van der Waals surface area (Å²) in [6.07, 6.45) is 0.427. The fourth-order valence-corrected chi connectivity index (χ4v) is 1.87. The van der Waals surface area contributed by atoms with E-state index in [-0.39, 0.29) is 0 Å². The minimum Gasteiger partial charge on any atom is -0.497 e. The maximum atomic E-state index is 10.9. The van der Waals surface area contributed by atoms with E-state index in [0.29, 0.717) is 6.42 Å². The number of methoxy groups -OCH3 is 1. The average Bonchev–Trinajstić information content (AvgIpc) is 2.26. The Labute approximate surface area is 103 Å². The summed E-state index contributed by atoms with van der Waals surface area (Å²) < 4.78 is 5.92. The molecule has 0 radical (unpaired) electrons. The van der Waals surface area contributed by atoms with Gasteiger partial charge in [0.1, 0.15) is 11.8 Å². The lowest BCUT2D eigenvalue weighted by Crippen LogP contribution is -2.35. The van der Waals surface area contributed by atoms with Crippen molar-refractivity contribution in [1.29, 1.82) is 0 Å². The van der Waals surface area contributed by atoms with E-state index in [2.05, 4.69) is 21.2 Å². The highest BCUT2D eigenvalue weighted by Crippen LogP contribution is 2.23. The Kier molecular flexibility index (Phi) is 4.76. The predicted molar refractivity (Wildman–Crippen MR) is 64.9 cm³/mol. The van der Waals surface area contributed by atoms with Crippen molar-refractivity contribution < 1.29 is 14.6 Å². The molecular weight excluding hydrogens is 274 g/mol. The molecule has 4 nitrogen and oxygen atoms in total. The van der Waals surface area contributed by atoms with Crippen molar-refractivity contribution in [1.82, 2.24) is 5.32 Å². The lowest BCUT2D eigenvalue weighted by atomic mass is 10.1. The zero-order chi connectivity index (χ0) is 12.1. The van der Waals surface area contributed by atoms with E-state index in [9.17, 15) is 4.79 Å². The van der Waals surface area contributed by atoms with E-state index < -0.39 is 12.0 Å². The van der Waals surface area contributed by atoms with Gasteiger partial charge >= 0.3 is 5.97 Å². The van der Waals surface area contributed by atoms with E-state index in [1.807, 2.05) is 18.2 Å². The molecule has 0 saturated heterocycles. The standard InChI is InChI=1S/C11H14BrNO3/c1-13-10(11(14)15)5-7-3-4-8(16-2)6-9(7)12/h3-4,6,10,13H,5H2,1-2H3,(H,14,15)/t10-/m1/s1. The van der Waals surface area contributed by atoms with Crippen molar-refractivity contribution in [3.05, 3.63) is 28.2 Å². The molecule has 0 bridgehead atoms. The molecule has 0 aromatic heterocycles. The molecule has 0 heterocycles. The van der Waals surface area contributed by atoms with E-state index in [0.717, 1.165) is 15.8 Å². The van der Waals surface area contributed by atoms with Crippen LogP contribution < -0.4 is 10.1 Å². The summed E-state index contributed by atoms with van der Waals surface area (Å²) in [5, 5.41) is 11.7. The van der Waals surface area contributed by atoms with Crippen LogP contribution in [0.3, 0.4) is 0 Å². The lowest BCUT2D eigenvalue weighted by Gasteiger charge is -2.12. The smallest absolute Gasteiger partial charge is 0.321 e. The van der Waals surface area contributed by atoms with Crippen LogP contribution in [0, 0.1) is 0 Å². The molecule has 16 heavy (non-hydrogen) atoms. The van der Waals surface area contributed by atoms with Gasteiger partial charge in [-0.15, -0.1) is 0 Å². The molecule has 2 N–H and O–H groups in total. The second kappa shape index (κ2) is 5.86. The van der Waals surface area contributed by atoms with Gasteiger partial charge < -0.3 is 15.2 Å². The van der Waals surface area contributed by atoms with Gasteiger partial charge in [0.2, 0.25) is 0 Å². The normalized spacial score (nSPS) is 12.2. The van der Waals surface area contributed by atoms with Gasteiger partial charge in [0.25, 0.3) is 0 Å². The molecule has 0 unspecified atom stereocenters. The summed E-state index contributed by atoms with van der Waals surface area (Å²) in [6.45, 7) is 0. The highest BCUT2D eigenvalue weighted by molar-refractivity contribution is 9.10. The number of hydrogen-bond donors (Lipinski definition) is 2. The summed E-state index contributed by atoms with van der Waals surface area (Å²) in [5.41, 5.74) is 0.933. The fraction of sp³-hybridized carbons (Fsp3) is 0.364. The Bertz CT molecular complexity index is 381. The largest absolute Gasteiger partial charge is 0.497 e. The highest BCUT2D eigenvalue weighted by atomic mass is 79.9. The number of benzene rings is 1. The Hall–Kier alpha value is -1.07. The number of nitrogens with one attached hydrogen (secondary N) is 1. The third-order valence-electron chi connectivity index (χ3n) is 2.33. The Morgan fingerprint density at radius 3 is 2.75 bits per heavy atom. The first-order valence-electron chi connectivity index (χ1n) is 4.81. The van der Waals surface area contributed by atoms with E-state index >= 15 is 0 Å². The lowest BCUT2D eigenvalue weighted by molar-refractivity contribution is -0.139. The third kappa shape index (κ3) is 3.21. The molecule has 88 valence electrons. The monoisotopic (exact) mass is 287 g/mol. The summed E-state index contributed by atoms with van der Waals surface area (Å²) in [5.74, 6) is -0.114. The molecule has 0 amide bonds. The van der Waals surface area contributed by atoms with E-state index in [1.165, 1.54) is 0 Å². The van der Waals surface area contributed by atoms with Crippen LogP contribution in [0.15, 0.2) is 22.7 Å². The molecule has 0 aliphatic heterocycles. The average molecular weight is 288 g/mol. The molecule has 0 aliphatic rings. The molecule has 1 aromatic rings. The Morgan fingerprint density at radius 2 is 2.31 bits per heavy atom. The van der Waals surface area contributed by atoms with Gasteiger partial charge in [-0.05, 0) is 31.2 Å². The minimum atomic E-state index is -0.856. The van der Waals surface area contributed by atoms with Crippen molar-refractivity contribution in [2.24, 2.45) is 0 Å². The van der Waals surface area contributed by atoms with Crippen LogP contribution in [-0.2, 0) is 11.2 Å². The first-order chi connectivity index (χ1) is 7.58. The first-order valence-corrected chi connectivity index (χ1v) is 5.60. The van der Waals surface area contributed by atoms with Gasteiger partial charge in [0.15, 0.2) is 0 Å². The highest BCUT2D eigenvalue weighted by Gasteiger charge is 2.16. The Morgan fingerprint density at radius 1 is 1.62 bits per heavy atom. The van der Waals surface area contributed by atoms with Crippen molar-refractivity contribution in [3.8, 4) is 5.75 Å². The summed E-state index contributed by atoms with van der Waals surface area (Å²) in [4.78, 5) is 10.9. The molecule has 1 atom stereocenters. The van der Waals surface area contributed by atoms with E-state index in [4.69, 9.17) is 9.84 Å². The van der Waals surface area contributed by atoms with Gasteiger partial charge in [-0.2, -0.15) is 0 Å². The number of carboxylic acids is 1. The quantitative estimate of drug-likeness (QED) is 0.865. The molecule has 1 rings (SSSR count). The number of rotatable bonds is 5.